The van der Waals surface area contributed by atoms with Crippen LogP contribution in [0, 0.1) is 6.92 Å². The Kier molecular flexibility index (Phi) is 5.42. The molecule has 0 aliphatic carbocycles. The Morgan fingerprint density at radius 1 is 0.970 bits per heavy atom. The van der Waals surface area contributed by atoms with E-state index in [1.54, 1.807) is 25.6 Å². The van der Waals surface area contributed by atoms with E-state index in [1.165, 1.54) is 26.4 Å². The lowest BCUT2D eigenvalue weighted by atomic mass is 10.2. The molecule has 0 fully saturated rings. The van der Waals surface area contributed by atoms with Gasteiger partial charge in [-0.1, -0.05) is 18.2 Å². The van der Waals surface area contributed by atoms with E-state index in [2.05, 4.69) is 76.3 Å². The minimum absolute atomic E-state index is 0.0732. The number of hydrogen-bond donors (Lipinski definition) is 1. The number of hydrogen-bond acceptors (Lipinski definition) is 6. The summed E-state index contributed by atoms with van der Waals surface area (Å²) in [4.78, 5) is 11.8. The first-order valence-electron chi connectivity index (χ1n) is 10.8. The van der Waals surface area contributed by atoms with Crippen LogP contribution in [0.5, 0.6) is 11.5 Å². The second-order valence-corrected chi connectivity index (χ2v) is 9.17. The minimum Gasteiger partial charge on any atom is -0.493 e. The Hall–Kier alpha value is -3.58. The Labute approximate surface area is 196 Å². The topological polar surface area (TPSA) is 61.2 Å². The van der Waals surface area contributed by atoms with Gasteiger partial charge < -0.3 is 19.4 Å². The van der Waals surface area contributed by atoms with Crippen molar-refractivity contribution in [1.29, 1.82) is 0 Å². The van der Waals surface area contributed by atoms with Crippen molar-refractivity contribution in [3.05, 3.63) is 65.3 Å². The van der Waals surface area contributed by atoms with Gasteiger partial charge in [0.25, 0.3) is 0 Å². The van der Waals surface area contributed by atoms with Crippen LogP contribution in [0.25, 0.3) is 32.4 Å². The summed E-state index contributed by atoms with van der Waals surface area (Å²) < 4.78 is 13.2. The van der Waals surface area contributed by atoms with Crippen LogP contribution in [0.2, 0.25) is 0 Å². The summed E-state index contributed by atoms with van der Waals surface area (Å²) in [5.41, 5.74) is 3.28. The van der Waals surface area contributed by atoms with E-state index in [4.69, 9.17) is 9.47 Å². The molecule has 7 heteroatoms. The monoisotopic (exact) mass is 458 g/mol. The number of anilines is 1. The van der Waals surface area contributed by atoms with Crippen LogP contribution in [0.4, 0.5) is 5.82 Å². The first-order valence-corrected chi connectivity index (χ1v) is 11.6. The summed E-state index contributed by atoms with van der Waals surface area (Å²) in [6.45, 7) is 4.05. The number of thiophene rings is 1. The Bertz CT molecular complexity index is 1470. The van der Waals surface area contributed by atoms with E-state index in [1.807, 2.05) is 19.1 Å². The van der Waals surface area contributed by atoms with Gasteiger partial charge in [-0.15, -0.1) is 11.3 Å². The van der Waals surface area contributed by atoms with Crippen molar-refractivity contribution in [1.82, 2.24) is 14.5 Å². The van der Waals surface area contributed by atoms with Crippen LogP contribution >= 0.6 is 11.3 Å². The first kappa shape index (κ1) is 21.3. The van der Waals surface area contributed by atoms with Crippen LogP contribution in [0.1, 0.15) is 23.7 Å². The second-order valence-electron chi connectivity index (χ2n) is 8.06. The van der Waals surface area contributed by atoms with Gasteiger partial charge in [-0.2, -0.15) is 0 Å². The number of aromatic nitrogens is 3. The molecule has 0 unspecified atom stereocenters. The van der Waals surface area contributed by atoms with Gasteiger partial charge in [0.15, 0.2) is 11.5 Å². The van der Waals surface area contributed by atoms with Crippen molar-refractivity contribution in [2.75, 3.05) is 19.5 Å². The summed E-state index contributed by atoms with van der Waals surface area (Å²) >= 11 is 1.79. The van der Waals surface area contributed by atoms with Crippen LogP contribution in [0.15, 0.2) is 54.6 Å². The van der Waals surface area contributed by atoms with Crippen LogP contribution in [0.3, 0.4) is 0 Å². The highest BCUT2D eigenvalue weighted by Gasteiger charge is 2.17. The molecule has 3 heterocycles. The quantitative estimate of drug-likeness (QED) is 0.321. The van der Waals surface area contributed by atoms with Crippen LogP contribution < -0.4 is 14.8 Å². The molecule has 6 nitrogen and oxygen atoms in total. The van der Waals surface area contributed by atoms with Crippen molar-refractivity contribution in [3.63, 3.8) is 0 Å². The largest absolute Gasteiger partial charge is 0.493 e. The standard InChI is InChI=1S/C26H26N4O2S/c1-15(24-10-11-25(33-24)21-12-17-8-6-7-9-20(17)30(21)3)27-26-18-13-22(31-4)23(32-5)14-19(18)28-16(2)29-26/h6-15H,1-5H3,(H,27,28,29)/t15-/m0/s1. The molecular weight excluding hydrogens is 432 g/mol. The molecule has 0 saturated heterocycles. The number of fused-ring (bicyclic) bond motifs is 2. The molecule has 1 atom stereocenters. The second kappa shape index (κ2) is 8.41. The molecule has 5 aromatic rings. The Morgan fingerprint density at radius 3 is 2.48 bits per heavy atom. The van der Waals surface area contributed by atoms with E-state index in [9.17, 15) is 0 Å². The van der Waals surface area contributed by atoms with E-state index in [-0.39, 0.29) is 6.04 Å². The number of benzene rings is 2. The highest BCUT2D eigenvalue weighted by molar-refractivity contribution is 7.15. The zero-order chi connectivity index (χ0) is 23.1. The van der Waals surface area contributed by atoms with E-state index in [0.717, 1.165) is 16.7 Å². The molecule has 33 heavy (non-hydrogen) atoms. The maximum Gasteiger partial charge on any atom is 0.162 e. The number of nitrogens with one attached hydrogen (secondary N) is 1. The molecule has 0 aliphatic rings. The smallest absolute Gasteiger partial charge is 0.162 e. The highest BCUT2D eigenvalue weighted by atomic mass is 32.1. The molecule has 0 aliphatic heterocycles. The molecule has 5 rings (SSSR count). The summed E-state index contributed by atoms with van der Waals surface area (Å²) in [6, 6.07) is 19.0. The number of para-hydroxylation sites is 1. The Morgan fingerprint density at radius 2 is 1.73 bits per heavy atom. The van der Waals surface area contributed by atoms with Gasteiger partial charge in [-0.25, -0.2) is 9.97 Å². The van der Waals surface area contributed by atoms with Crippen molar-refractivity contribution in [2.45, 2.75) is 19.9 Å². The lowest BCUT2D eigenvalue weighted by Gasteiger charge is -2.16. The number of rotatable bonds is 6. The number of nitrogens with zero attached hydrogens (tertiary/aromatic N) is 3. The van der Waals surface area contributed by atoms with Gasteiger partial charge >= 0.3 is 0 Å². The predicted molar refractivity (Wildman–Crippen MR) is 136 cm³/mol. The average molecular weight is 459 g/mol. The molecule has 0 bridgehead atoms. The fourth-order valence-corrected chi connectivity index (χ4v) is 5.27. The number of methoxy groups -OCH3 is 2. The lowest BCUT2D eigenvalue weighted by molar-refractivity contribution is 0.356. The van der Waals surface area contributed by atoms with Gasteiger partial charge in [0.2, 0.25) is 0 Å². The Balaban J connectivity index is 1.48. The molecule has 0 spiro atoms. The summed E-state index contributed by atoms with van der Waals surface area (Å²) in [6.07, 6.45) is 0. The third-order valence-electron chi connectivity index (χ3n) is 5.92. The van der Waals surface area contributed by atoms with Gasteiger partial charge in [0, 0.05) is 34.3 Å². The van der Waals surface area contributed by atoms with E-state index in [0.29, 0.717) is 17.3 Å². The third-order valence-corrected chi connectivity index (χ3v) is 7.21. The maximum absolute atomic E-state index is 5.50. The maximum atomic E-state index is 5.50. The molecular formula is C26H26N4O2S. The highest BCUT2D eigenvalue weighted by Crippen LogP contribution is 2.37. The zero-order valence-corrected chi connectivity index (χ0v) is 20.2. The van der Waals surface area contributed by atoms with Crippen LogP contribution in [-0.4, -0.2) is 28.8 Å². The molecule has 0 saturated carbocycles. The summed E-state index contributed by atoms with van der Waals surface area (Å²) in [7, 11) is 5.38. The minimum atomic E-state index is 0.0732. The molecule has 0 amide bonds. The molecule has 168 valence electrons. The van der Waals surface area contributed by atoms with Gasteiger partial charge in [-0.3, -0.25) is 0 Å². The third kappa shape index (κ3) is 3.78. The van der Waals surface area contributed by atoms with Crippen molar-refractivity contribution < 1.29 is 9.47 Å². The molecule has 1 N–H and O–H groups in total. The van der Waals surface area contributed by atoms with Gasteiger partial charge in [0.1, 0.15) is 11.6 Å². The molecule has 3 aromatic heterocycles. The van der Waals surface area contributed by atoms with E-state index < -0.39 is 0 Å². The normalized spacial score (nSPS) is 12.3. The summed E-state index contributed by atoms with van der Waals surface area (Å²) in [5.74, 6) is 2.79. The van der Waals surface area contributed by atoms with Gasteiger partial charge in [0.05, 0.1) is 36.3 Å². The lowest BCUT2D eigenvalue weighted by Crippen LogP contribution is -2.08. The fourth-order valence-electron chi connectivity index (χ4n) is 4.21. The summed E-state index contributed by atoms with van der Waals surface area (Å²) in [5, 5.41) is 5.74. The predicted octanol–water partition coefficient (Wildman–Crippen LogP) is 6.35. The van der Waals surface area contributed by atoms with E-state index >= 15 is 0 Å². The van der Waals surface area contributed by atoms with Crippen molar-refractivity contribution in [2.24, 2.45) is 7.05 Å². The number of ether oxygens (including phenoxy) is 2. The van der Waals surface area contributed by atoms with Gasteiger partial charge in [-0.05, 0) is 44.2 Å². The fraction of sp³-hybridized carbons (Fsp3) is 0.231. The molecule has 0 radical (unpaired) electrons. The van der Waals surface area contributed by atoms with Crippen molar-refractivity contribution in [3.8, 4) is 22.1 Å². The molecule has 2 aromatic carbocycles. The van der Waals surface area contributed by atoms with Crippen molar-refractivity contribution >= 4 is 39.0 Å². The number of aryl methyl sites for hydroxylation is 2. The first-order chi connectivity index (χ1) is 16.0. The SMILES string of the molecule is COc1cc2nc(C)nc(N[C@@H](C)c3ccc(-c4cc5ccccc5n4C)s3)c2cc1OC. The zero-order valence-electron chi connectivity index (χ0n) is 19.3. The average Bonchev–Trinajstić information content (AvgIpc) is 3.43. The van der Waals surface area contributed by atoms with Crippen LogP contribution in [-0.2, 0) is 7.05 Å².